The van der Waals surface area contributed by atoms with E-state index < -0.39 is 97.5 Å². The van der Waals surface area contributed by atoms with Crippen molar-refractivity contribution in [2.75, 3.05) is 39.6 Å². The Morgan fingerprint density at radius 1 is 0.264 bits per heavy atom. The van der Waals surface area contributed by atoms with Gasteiger partial charge in [0.1, 0.15) is 19.3 Å². The highest BCUT2D eigenvalue weighted by Gasteiger charge is 2.30. The first kappa shape index (κ1) is 101. The number of carbonyl (C=O) groups is 4. The van der Waals surface area contributed by atoms with Gasteiger partial charge in [-0.1, -0.05) is 289 Å². The zero-order valence-electron chi connectivity index (χ0n) is 66.3. The molecule has 0 heterocycles. The highest BCUT2D eigenvalue weighted by Crippen LogP contribution is 2.45. The summed E-state index contributed by atoms with van der Waals surface area (Å²) in [5.74, 6) is -2.39. The molecular formula is C87H146O17P2. The summed E-state index contributed by atoms with van der Waals surface area (Å²) in [6.07, 6.45) is 90.0. The number of hydrogen-bond donors (Lipinski definition) is 3. The second kappa shape index (κ2) is 78.1. The van der Waals surface area contributed by atoms with Gasteiger partial charge >= 0.3 is 39.5 Å². The molecule has 0 aliphatic carbocycles. The van der Waals surface area contributed by atoms with E-state index in [9.17, 15) is 43.2 Å². The molecule has 0 fully saturated rings. The minimum absolute atomic E-state index is 0.0315. The number of esters is 4. The van der Waals surface area contributed by atoms with Crippen LogP contribution in [0.15, 0.2) is 146 Å². The Morgan fingerprint density at radius 3 is 0.821 bits per heavy atom. The molecule has 0 saturated heterocycles. The maximum atomic E-state index is 13.1. The van der Waals surface area contributed by atoms with E-state index in [4.69, 9.17) is 37.0 Å². The Labute approximate surface area is 643 Å². The summed E-state index contributed by atoms with van der Waals surface area (Å²) >= 11 is 0. The van der Waals surface area contributed by atoms with Gasteiger partial charge < -0.3 is 33.8 Å². The fraction of sp³-hybridized carbons (Fsp3) is 0.678. The Kier molecular flexibility index (Phi) is 74.3. The molecule has 606 valence electrons. The molecule has 0 aromatic heterocycles. The largest absolute Gasteiger partial charge is 0.472 e. The minimum atomic E-state index is -5.01. The third kappa shape index (κ3) is 77.1. The normalized spacial score (nSPS) is 14.6. The topological polar surface area (TPSA) is 237 Å². The lowest BCUT2D eigenvalue weighted by Gasteiger charge is -2.21. The maximum Gasteiger partial charge on any atom is 0.472 e. The van der Waals surface area contributed by atoms with Gasteiger partial charge in [0.2, 0.25) is 0 Å². The number of aliphatic hydroxyl groups is 1. The summed E-state index contributed by atoms with van der Waals surface area (Å²) in [7, 11) is -10.0. The van der Waals surface area contributed by atoms with Crippen molar-refractivity contribution < 1.29 is 80.2 Å². The first-order valence-corrected chi connectivity index (χ1v) is 44.1. The molecule has 0 rings (SSSR count). The molecule has 0 radical (unpaired) electrons. The molecule has 19 heteroatoms. The van der Waals surface area contributed by atoms with E-state index in [0.717, 1.165) is 128 Å². The second-order valence-corrected chi connectivity index (χ2v) is 29.9. The molecule has 0 aromatic rings. The van der Waals surface area contributed by atoms with Gasteiger partial charge in [-0.15, -0.1) is 0 Å². The third-order valence-corrected chi connectivity index (χ3v) is 18.7. The number of rotatable bonds is 76. The SMILES string of the molecule is CCCCC/C=C\C/C=C\C/C=C\C/C=C\C/C=C\CCC(=O)OC[C@H](COP(=O)(O)OC[C@@H](O)COP(=O)(O)OC[C@@H](COC(=O)CCCCCCC/C=C\CCCCCC)OC(=O)CC/C=C\C/C=C\C/C=C\C/C=C\C/C=C\CCCCC)OC(=O)CCCCCCC/C=C\CCCCCCCC. The van der Waals surface area contributed by atoms with Crippen LogP contribution in [0.2, 0.25) is 0 Å². The molecule has 0 amide bonds. The quantitative estimate of drug-likeness (QED) is 0.0169. The molecule has 5 atom stereocenters. The fourth-order valence-electron chi connectivity index (χ4n) is 10.5. The predicted octanol–water partition coefficient (Wildman–Crippen LogP) is 24.2. The molecule has 3 N–H and O–H groups in total. The smallest absolute Gasteiger partial charge is 0.462 e. The summed E-state index contributed by atoms with van der Waals surface area (Å²) in [6.45, 7) is 4.62. The van der Waals surface area contributed by atoms with Crippen molar-refractivity contribution in [2.24, 2.45) is 0 Å². The summed E-state index contributed by atoms with van der Waals surface area (Å²) in [5, 5.41) is 10.6. The van der Waals surface area contributed by atoms with Crippen LogP contribution in [0, 0.1) is 0 Å². The predicted molar refractivity (Wildman–Crippen MR) is 436 cm³/mol. The van der Waals surface area contributed by atoms with Gasteiger partial charge in [0.25, 0.3) is 0 Å². The van der Waals surface area contributed by atoms with Gasteiger partial charge in [0, 0.05) is 25.7 Å². The molecule has 0 saturated carbocycles. The molecule has 106 heavy (non-hydrogen) atoms. The van der Waals surface area contributed by atoms with Crippen molar-refractivity contribution in [1.82, 2.24) is 0 Å². The highest BCUT2D eigenvalue weighted by atomic mass is 31.2. The Morgan fingerprint density at radius 2 is 0.481 bits per heavy atom. The van der Waals surface area contributed by atoms with Crippen LogP contribution >= 0.6 is 15.6 Å². The van der Waals surface area contributed by atoms with E-state index in [2.05, 4.69) is 143 Å². The average Bonchev–Trinajstić information content (AvgIpc) is 0.902. The van der Waals surface area contributed by atoms with Crippen molar-refractivity contribution in [1.29, 1.82) is 0 Å². The zero-order valence-corrected chi connectivity index (χ0v) is 68.1. The average molecular weight is 1530 g/mol. The zero-order chi connectivity index (χ0) is 77.4. The molecule has 2 unspecified atom stereocenters. The van der Waals surface area contributed by atoms with Gasteiger partial charge in [-0.05, 0) is 154 Å². The van der Waals surface area contributed by atoms with Gasteiger partial charge in [-0.3, -0.25) is 37.3 Å². The Hall–Kier alpha value is -5.06. The summed E-state index contributed by atoms with van der Waals surface area (Å²) in [6, 6.07) is 0. The lowest BCUT2D eigenvalue weighted by Crippen LogP contribution is -2.30. The first-order valence-electron chi connectivity index (χ1n) is 41.1. The van der Waals surface area contributed by atoms with Gasteiger partial charge in [0.05, 0.1) is 26.4 Å². The molecular weight excluding hydrogens is 1380 g/mol. The highest BCUT2D eigenvalue weighted by molar-refractivity contribution is 7.47. The molecule has 0 aliphatic heterocycles. The fourth-order valence-corrected chi connectivity index (χ4v) is 12.0. The molecule has 0 aliphatic rings. The van der Waals surface area contributed by atoms with Crippen molar-refractivity contribution in [2.45, 2.75) is 341 Å². The molecule has 17 nitrogen and oxygen atoms in total. The van der Waals surface area contributed by atoms with Crippen LogP contribution in [0.1, 0.15) is 323 Å². The summed E-state index contributed by atoms with van der Waals surface area (Å²) < 4.78 is 68.5. The van der Waals surface area contributed by atoms with Gasteiger partial charge in [0.15, 0.2) is 12.2 Å². The maximum absolute atomic E-state index is 13.1. The van der Waals surface area contributed by atoms with E-state index >= 15 is 0 Å². The van der Waals surface area contributed by atoms with E-state index in [-0.39, 0.29) is 25.7 Å². The number of carbonyl (C=O) groups excluding carboxylic acids is 4. The van der Waals surface area contributed by atoms with Crippen LogP contribution in [0.5, 0.6) is 0 Å². The van der Waals surface area contributed by atoms with Crippen molar-refractivity contribution in [3.8, 4) is 0 Å². The van der Waals surface area contributed by atoms with E-state index in [1.54, 1.807) is 0 Å². The van der Waals surface area contributed by atoms with Crippen molar-refractivity contribution in [3.63, 3.8) is 0 Å². The second-order valence-electron chi connectivity index (χ2n) is 27.0. The molecule has 0 bridgehead atoms. The van der Waals surface area contributed by atoms with E-state index in [1.165, 1.54) is 103 Å². The number of ether oxygens (including phenoxy) is 4. The van der Waals surface area contributed by atoms with E-state index in [1.807, 2.05) is 30.4 Å². The number of hydrogen-bond acceptors (Lipinski definition) is 15. The number of phosphoric acid groups is 2. The number of unbranched alkanes of at least 4 members (excludes halogenated alkanes) is 26. The van der Waals surface area contributed by atoms with Crippen LogP contribution in [-0.2, 0) is 65.4 Å². The minimum Gasteiger partial charge on any atom is -0.462 e. The van der Waals surface area contributed by atoms with Crippen LogP contribution < -0.4 is 0 Å². The lowest BCUT2D eigenvalue weighted by molar-refractivity contribution is -0.161. The molecule has 0 spiro atoms. The van der Waals surface area contributed by atoms with Crippen LogP contribution in [0.3, 0.4) is 0 Å². The van der Waals surface area contributed by atoms with Crippen molar-refractivity contribution >= 4 is 39.5 Å². The third-order valence-electron chi connectivity index (χ3n) is 16.8. The monoisotopic (exact) mass is 1530 g/mol. The number of allylic oxidation sites excluding steroid dienone is 24. The lowest BCUT2D eigenvalue weighted by atomic mass is 10.1. The van der Waals surface area contributed by atoms with Crippen LogP contribution in [0.4, 0.5) is 0 Å². The van der Waals surface area contributed by atoms with Crippen LogP contribution in [0.25, 0.3) is 0 Å². The first-order chi connectivity index (χ1) is 51.7. The number of phosphoric ester groups is 2. The van der Waals surface area contributed by atoms with Gasteiger partial charge in [-0.2, -0.15) is 0 Å². The summed E-state index contributed by atoms with van der Waals surface area (Å²) in [5.41, 5.74) is 0. The molecule has 0 aromatic carbocycles. The van der Waals surface area contributed by atoms with Gasteiger partial charge in [-0.25, -0.2) is 9.13 Å². The number of aliphatic hydroxyl groups excluding tert-OH is 1. The Bertz CT molecular complexity index is 2580. The summed E-state index contributed by atoms with van der Waals surface area (Å²) in [4.78, 5) is 73.0. The standard InChI is InChI=1S/C87H146O17P2/c1-5-9-13-17-21-25-29-33-36-38-40-42-45-48-52-56-60-64-68-72-85(90)98-78-83(103-86(91)73-69-65-61-57-53-49-44-35-31-27-23-19-15-11-7-3)80-102-106(95,96)100-76-81(88)75-99-105(93,94)101-79-82(77-97-84(89)71-67-63-59-55-51-47-32-28-24-20-16-12-8-4)104-87(92)74-70-66-62-58-54-50-46-43-41-39-37-34-30-26-22-18-14-10-6-2/h21-22,25-26,28,32-37,40-44,48,50,52,54,60,62,64,66,81-83,88H,5-20,23-24,27,29-31,38-39,45-47,49,51,53,55-59,61,63,65,67-80H2,1-4H3,(H,93,94)(H,95,96)/b25-21-,26-22-,32-28-,36-33-,37-34-,42-40-,43-41-,44-35-,52-48-,54-50-,64-60-,66-62-/t81-,82+,83+/m0/s1. The van der Waals surface area contributed by atoms with E-state index in [0.29, 0.717) is 38.5 Å². The van der Waals surface area contributed by atoms with Crippen molar-refractivity contribution in [3.05, 3.63) is 146 Å². The Balaban J connectivity index is 5.50. The van der Waals surface area contributed by atoms with Crippen LogP contribution in [-0.4, -0.2) is 96.7 Å².